The van der Waals surface area contributed by atoms with Gasteiger partial charge in [-0.3, -0.25) is 9.78 Å². The predicted molar refractivity (Wildman–Crippen MR) is 127 cm³/mol. The van der Waals surface area contributed by atoms with Crippen molar-refractivity contribution in [1.82, 2.24) is 19.9 Å². The van der Waals surface area contributed by atoms with Crippen LogP contribution in [0, 0.1) is 19.7 Å². The number of amides is 1. The van der Waals surface area contributed by atoms with Crippen LogP contribution in [0.25, 0.3) is 22.3 Å². The number of hydrogen-bond acceptors (Lipinski definition) is 4. The van der Waals surface area contributed by atoms with E-state index in [0.29, 0.717) is 12.1 Å². The second-order valence-corrected chi connectivity index (χ2v) is 8.64. The number of fused-ring (bicyclic) bond motifs is 1. The lowest BCUT2D eigenvalue weighted by Gasteiger charge is -2.32. The highest BCUT2D eigenvalue weighted by Crippen LogP contribution is 2.29. The molecule has 5 nitrogen and oxygen atoms in total. The van der Waals surface area contributed by atoms with Crippen LogP contribution in [0.4, 0.5) is 4.39 Å². The Hall–Kier alpha value is -3.67. The van der Waals surface area contributed by atoms with Crippen LogP contribution >= 0.6 is 0 Å². The molecule has 1 saturated heterocycles. The fraction of sp³-hybridized carbons (Fsp3) is 0.259. The molecule has 2 aromatic carbocycles. The van der Waals surface area contributed by atoms with Gasteiger partial charge in [-0.15, -0.1) is 0 Å². The van der Waals surface area contributed by atoms with Gasteiger partial charge in [0.25, 0.3) is 5.91 Å². The fourth-order valence-electron chi connectivity index (χ4n) is 4.41. The number of carbonyl (C=O) groups is 1. The number of piperidine rings is 1. The molecule has 0 saturated carbocycles. The molecule has 166 valence electrons. The molecule has 1 amide bonds. The first kappa shape index (κ1) is 21.2. The number of rotatable bonds is 3. The standard InChI is InChI=1S/C27H25FN4O/c1-17-18(2)30-26-15-20(10-13-25(26)29-17)27(33)32-14-4-5-21(16-32)24-7-3-6-23(31-24)19-8-11-22(28)12-9-19/h3,6-13,15,21H,4-5,14,16H2,1-2H3. The van der Waals surface area contributed by atoms with Crippen LogP contribution in [-0.4, -0.2) is 38.8 Å². The zero-order valence-corrected chi connectivity index (χ0v) is 18.8. The van der Waals surface area contributed by atoms with E-state index >= 15 is 0 Å². The van der Waals surface area contributed by atoms with E-state index in [2.05, 4.69) is 9.97 Å². The highest BCUT2D eigenvalue weighted by Gasteiger charge is 2.27. The number of pyridine rings is 1. The van der Waals surface area contributed by atoms with Crippen LogP contribution in [0.1, 0.15) is 46.2 Å². The minimum atomic E-state index is -0.263. The Balaban J connectivity index is 1.37. The van der Waals surface area contributed by atoms with Gasteiger partial charge in [-0.2, -0.15) is 0 Å². The van der Waals surface area contributed by atoms with Crippen LogP contribution < -0.4 is 0 Å². The van der Waals surface area contributed by atoms with Crippen molar-refractivity contribution < 1.29 is 9.18 Å². The second-order valence-electron chi connectivity index (χ2n) is 8.64. The SMILES string of the molecule is Cc1nc2ccc(C(=O)N3CCCC(c4cccc(-c5ccc(F)cc5)n4)C3)cc2nc1C. The topological polar surface area (TPSA) is 59.0 Å². The van der Waals surface area contributed by atoms with Crippen molar-refractivity contribution >= 4 is 16.9 Å². The third-order valence-electron chi connectivity index (χ3n) is 6.36. The summed E-state index contributed by atoms with van der Waals surface area (Å²) in [6, 6.07) is 17.9. The Morgan fingerprint density at radius 1 is 0.939 bits per heavy atom. The van der Waals surface area contributed by atoms with Crippen molar-refractivity contribution in [2.45, 2.75) is 32.6 Å². The smallest absolute Gasteiger partial charge is 0.253 e. The van der Waals surface area contributed by atoms with Gasteiger partial charge in [0.05, 0.1) is 28.1 Å². The fourth-order valence-corrected chi connectivity index (χ4v) is 4.41. The van der Waals surface area contributed by atoms with Crippen molar-refractivity contribution in [3.8, 4) is 11.3 Å². The van der Waals surface area contributed by atoms with E-state index in [4.69, 9.17) is 4.98 Å². The van der Waals surface area contributed by atoms with Gasteiger partial charge in [0, 0.05) is 35.8 Å². The van der Waals surface area contributed by atoms with E-state index in [9.17, 15) is 9.18 Å². The molecule has 0 N–H and O–H groups in total. The summed E-state index contributed by atoms with van der Waals surface area (Å²) in [6.45, 7) is 5.21. The number of nitrogens with zero attached hydrogens (tertiary/aromatic N) is 4. The Morgan fingerprint density at radius 3 is 2.48 bits per heavy atom. The Kier molecular flexibility index (Phi) is 5.58. The number of aryl methyl sites for hydroxylation is 2. The molecule has 33 heavy (non-hydrogen) atoms. The molecule has 1 unspecified atom stereocenters. The zero-order valence-electron chi connectivity index (χ0n) is 18.8. The van der Waals surface area contributed by atoms with Gasteiger partial charge < -0.3 is 4.90 Å². The maximum atomic E-state index is 13.3. The molecule has 0 radical (unpaired) electrons. The highest BCUT2D eigenvalue weighted by atomic mass is 19.1. The molecule has 1 fully saturated rings. The summed E-state index contributed by atoms with van der Waals surface area (Å²) in [7, 11) is 0. The Morgan fingerprint density at radius 2 is 1.70 bits per heavy atom. The van der Waals surface area contributed by atoms with Gasteiger partial charge in [0.2, 0.25) is 0 Å². The Labute approximate surface area is 192 Å². The van der Waals surface area contributed by atoms with E-state index in [1.807, 2.05) is 55.1 Å². The monoisotopic (exact) mass is 440 g/mol. The van der Waals surface area contributed by atoms with Crippen LogP contribution in [-0.2, 0) is 0 Å². The highest BCUT2D eigenvalue weighted by molar-refractivity contribution is 5.97. The molecule has 3 heterocycles. The van der Waals surface area contributed by atoms with Gasteiger partial charge in [-0.1, -0.05) is 6.07 Å². The molecule has 6 heteroatoms. The van der Waals surface area contributed by atoms with Crippen molar-refractivity contribution in [2.24, 2.45) is 0 Å². The molecule has 5 rings (SSSR count). The normalized spacial score (nSPS) is 16.2. The molecule has 1 aliphatic heterocycles. The number of hydrogen-bond donors (Lipinski definition) is 0. The maximum Gasteiger partial charge on any atom is 0.253 e. The first-order valence-corrected chi connectivity index (χ1v) is 11.2. The number of carbonyl (C=O) groups excluding carboxylic acids is 1. The molecule has 0 aliphatic carbocycles. The molecule has 0 spiro atoms. The molecule has 1 aliphatic rings. The van der Waals surface area contributed by atoms with Gasteiger partial charge in [0.15, 0.2) is 0 Å². The largest absolute Gasteiger partial charge is 0.338 e. The average Bonchev–Trinajstić information content (AvgIpc) is 2.85. The molecular formula is C27H25FN4O. The predicted octanol–water partition coefficient (Wildman–Crippen LogP) is 5.47. The minimum Gasteiger partial charge on any atom is -0.338 e. The van der Waals surface area contributed by atoms with Crippen LogP contribution in [0.2, 0.25) is 0 Å². The van der Waals surface area contributed by atoms with Crippen molar-refractivity contribution in [1.29, 1.82) is 0 Å². The van der Waals surface area contributed by atoms with Crippen molar-refractivity contribution in [2.75, 3.05) is 13.1 Å². The van der Waals surface area contributed by atoms with Gasteiger partial charge in [-0.25, -0.2) is 14.4 Å². The lowest BCUT2D eigenvalue weighted by atomic mass is 9.93. The van der Waals surface area contributed by atoms with E-state index in [1.165, 1.54) is 12.1 Å². The van der Waals surface area contributed by atoms with Crippen LogP contribution in [0.5, 0.6) is 0 Å². The summed E-state index contributed by atoms with van der Waals surface area (Å²) in [6.07, 6.45) is 1.90. The van der Waals surface area contributed by atoms with E-state index in [0.717, 1.165) is 58.8 Å². The molecule has 2 aromatic heterocycles. The number of benzene rings is 2. The van der Waals surface area contributed by atoms with E-state index in [1.54, 1.807) is 12.1 Å². The Bertz CT molecular complexity index is 1340. The number of halogens is 1. The summed E-state index contributed by atoms with van der Waals surface area (Å²) in [4.78, 5) is 29.2. The van der Waals surface area contributed by atoms with Crippen molar-refractivity contribution in [3.63, 3.8) is 0 Å². The third kappa shape index (κ3) is 4.33. The summed E-state index contributed by atoms with van der Waals surface area (Å²) in [5, 5.41) is 0. The number of aromatic nitrogens is 3. The lowest BCUT2D eigenvalue weighted by Crippen LogP contribution is -2.39. The molecular weight excluding hydrogens is 415 g/mol. The van der Waals surface area contributed by atoms with Gasteiger partial charge in [-0.05, 0) is 81.3 Å². The summed E-state index contributed by atoms with van der Waals surface area (Å²) in [5.41, 5.74) is 6.60. The first-order valence-electron chi connectivity index (χ1n) is 11.2. The van der Waals surface area contributed by atoms with Crippen LogP contribution in [0.3, 0.4) is 0 Å². The average molecular weight is 441 g/mol. The van der Waals surface area contributed by atoms with Gasteiger partial charge in [0.1, 0.15) is 5.82 Å². The zero-order chi connectivity index (χ0) is 22.9. The van der Waals surface area contributed by atoms with Crippen molar-refractivity contribution in [3.05, 3.63) is 89.1 Å². The van der Waals surface area contributed by atoms with E-state index in [-0.39, 0.29) is 17.6 Å². The third-order valence-corrected chi connectivity index (χ3v) is 6.36. The molecule has 4 aromatic rings. The number of likely N-dealkylation sites (tertiary alicyclic amines) is 1. The maximum absolute atomic E-state index is 13.3. The van der Waals surface area contributed by atoms with E-state index < -0.39 is 0 Å². The molecule has 1 atom stereocenters. The summed E-state index contributed by atoms with van der Waals surface area (Å²) >= 11 is 0. The summed E-state index contributed by atoms with van der Waals surface area (Å²) < 4.78 is 13.3. The van der Waals surface area contributed by atoms with Gasteiger partial charge >= 0.3 is 0 Å². The second kappa shape index (κ2) is 8.70. The minimum absolute atomic E-state index is 0.0105. The first-order chi connectivity index (χ1) is 16.0. The quantitative estimate of drug-likeness (QED) is 0.424. The summed E-state index contributed by atoms with van der Waals surface area (Å²) in [5.74, 6) is -0.0918. The van der Waals surface area contributed by atoms with Crippen LogP contribution in [0.15, 0.2) is 60.7 Å². The molecule has 0 bridgehead atoms. The lowest BCUT2D eigenvalue weighted by molar-refractivity contribution is 0.0706.